The number of aliphatic hydroxyl groups is 1. The Kier molecular flexibility index (Phi) is 6.94. The van der Waals surface area contributed by atoms with Crippen molar-refractivity contribution < 1.29 is 14.6 Å². The van der Waals surface area contributed by atoms with Gasteiger partial charge in [-0.3, -0.25) is 0 Å². The lowest BCUT2D eigenvalue weighted by Gasteiger charge is -2.37. The van der Waals surface area contributed by atoms with Crippen LogP contribution in [0.4, 0.5) is 4.79 Å². The molecule has 0 radical (unpaired) electrons. The van der Waals surface area contributed by atoms with Crippen LogP contribution in [-0.4, -0.2) is 53.5 Å². The molecule has 0 aromatic rings. The van der Waals surface area contributed by atoms with Crippen molar-refractivity contribution in [1.29, 1.82) is 0 Å². The van der Waals surface area contributed by atoms with Crippen molar-refractivity contribution in [2.45, 2.75) is 71.6 Å². The third kappa shape index (κ3) is 6.66. The number of rotatable bonds is 5. The lowest BCUT2D eigenvalue weighted by Crippen LogP contribution is -2.48. The third-order valence-electron chi connectivity index (χ3n) is 3.75. The molecule has 0 unspecified atom stereocenters. The number of likely N-dealkylation sites (tertiary alicyclic amines) is 1. The first-order chi connectivity index (χ1) is 9.73. The maximum Gasteiger partial charge on any atom is 0.410 e. The second-order valence-electron chi connectivity index (χ2n) is 7.24. The number of hydrogen-bond donors (Lipinski definition) is 2. The van der Waals surface area contributed by atoms with Gasteiger partial charge in [-0.25, -0.2) is 4.79 Å². The molecule has 0 spiro atoms. The van der Waals surface area contributed by atoms with Crippen LogP contribution in [0.15, 0.2) is 0 Å². The van der Waals surface area contributed by atoms with Crippen LogP contribution >= 0.6 is 0 Å². The molecule has 0 bridgehead atoms. The van der Waals surface area contributed by atoms with Gasteiger partial charge in [-0.05, 0) is 46.0 Å². The van der Waals surface area contributed by atoms with Gasteiger partial charge in [-0.2, -0.15) is 0 Å². The fourth-order valence-corrected chi connectivity index (χ4v) is 2.83. The summed E-state index contributed by atoms with van der Waals surface area (Å²) in [6, 6.07) is 0.737. The van der Waals surface area contributed by atoms with E-state index in [1.54, 1.807) is 4.90 Å². The molecule has 1 amide bonds. The first-order valence-electron chi connectivity index (χ1n) is 8.07. The molecule has 5 heteroatoms. The maximum absolute atomic E-state index is 12.0. The summed E-state index contributed by atoms with van der Waals surface area (Å²) >= 11 is 0. The summed E-state index contributed by atoms with van der Waals surface area (Å²) in [6.45, 7) is 11.6. The second kappa shape index (κ2) is 7.99. The molecule has 2 N–H and O–H groups in total. The number of aliphatic hydroxyl groups excluding tert-OH is 1. The van der Waals surface area contributed by atoms with E-state index in [9.17, 15) is 9.90 Å². The molecular formula is C16H32N2O3. The van der Waals surface area contributed by atoms with Crippen LogP contribution in [-0.2, 0) is 4.74 Å². The number of piperidine rings is 1. The molecule has 1 heterocycles. The van der Waals surface area contributed by atoms with Crippen molar-refractivity contribution in [1.82, 2.24) is 10.2 Å². The molecule has 1 atom stereocenters. The fourth-order valence-electron chi connectivity index (χ4n) is 2.83. The highest BCUT2D eigenvalue weighted by atomic mass is 16.6. The number of ether oxygens (including phenoxy) is 1. The summed E-state index contributed by atoms with van der Waals surface area (Å²) in [4.78, 5) is 13.8. The predicted octanol–water partition coefficient (Wildman–Crippen LogP) is 2.38. The number of nitrogens with zero attached hydrogens (tertiary/aromatic N) is 1. The van der Waals surface area contributed by atoms with Crippen molar-refractivity contribution in [2.75, 3.05) is 19.7 Å². The summed E-state index contributed by atoms with van der Waals surface area (Å²) < 4.78 is 5.42. The highest BCUT2D eigenvalue weighted by Gasteiger charge is 2.30. The topological polar surface area (TPSA) is 61.8 Å². The van der Waals surface area contributed by atoms with Gasteiger partial charge in [0.2, 0.25) is 0 Å². The number of nitrogens with one attached hydrogen (secondary N) is 1. The maximum atomic E-state index is 12.0. The van der Waals surface area contributed by atoms with Gasteiger partial charge >= 0.3 is 6.09 Å². The Hall–Kier alpha value is -0.810. The van der Waals surface area contributed by atoms with Crippen LogP contribution in [0.3, 0.4) is 0 Å². The molecule has 1 rings (SSSR count). The van der Waals surface area contributed by atoms with Crippen molar-refractivity contribution in [3.63, 3.8) is 0 Å². The molecule has 1 aliphatic rings. The van der Waals surface area contributed by atoms with Gasteiger partial charge in [-0.15, -0.1) is 0 Å². The first kappa shape index (κ1) is 18.2. The molecule has 1 fully saturated rings. The molecule has 5 nitrogen and oxygen atoms in total. The van der Waals surface area contributed by atoms with Crippen LogP contribution in [0.25, 0.3) is 0 Å². The monoisotopic (exact) mass is 300 g/mol. The highest BCUT2D eigenvalue weighted by Crippen LogP contribution is 2.24. The summed E-state index contributed by atoms with van der Waals surface area (Å²) in [6.07, 6.45) is 2.49. The minimum absolute atomic E-state index is 0.205. The normalized spacial score (nSPS) is 18.9. The van der Waals surface area contributed by atoms with Gasteiger partial charge in [0.25, 0.3) is 0 Å². The van der Waals surface area contributed by atoms with Gasteiger partial charge in [0, 0.05) is 31.8 Å². The Balaban J connectivity index is 2.48. The third-order valence-corrected chi connectivity index (χ3v) is 3.75. The minimum atomic E-state index is -0.438. The zero-order valence-corrected chi connectivity index (χ0v) is 14.2. The van der Waals surface area contributed by atoms with E-state index in [1.165, 1.54) is 0 Å². The fraction of sp³-hybridized carbons (Fsp3) is 0.938. The van der Waals surface area contributed by atoms with Crippen molar-refractivity contribution in [3.05, 3.63) is 0 Å². The van der Waals surface area contributed by atoms with E-state index >= 15 is 0 Å². The van der Waals surface area contributed by atoms with Crippen LogP contribution in [0, 0.1) is 5.92 Å². The number of hydrogen-bond acceptors (Lipinski definition) is 4. The Morgan fingerprint density at radius 1 is 1.33 bits per heavy atom. The summed E-state index contributed by atoms with van der Waals surface area (Å²) in [5, 5.41) is 12.8. The largest absolute Gasteiger partial charge is 0.444 e. The predicted molar refractivity (Wildman–Crippen MR) is 84.3 cm³/mol. The van der Waals surface area contributed by atoms with E-state index in [2.05, 4.69) is 19.2 Å². The number of carbonyl (C=O) groups excluding carboxylic acids is 1. The molecule has 1 aliphatic heterocycles. The van der Waals surface area contributed by atoms with E-state index in [1.807, 2.05) is 20.8 Å². The average Bonchev–Trinajstić information content (AvgIpc) is 2.36. The van der Waals surface area contributed by atoms with Crippen molar-refractivity contribution in [2.24, 2.45) is 5.92 Å². The SMILES string of the molecule is CC(C)N[C@@H](CCO)C1CCN(C(=O)OC(C)(C)C)CC1. The molecular weight excluding hydrogens is 268 g/mol. The average molecular weight is 300 g/mol. The van der Waals surface area contributed by atoms with Gasteiger partial charge < -0.3 is 20.1 Å². The molecule has 0 aromatic carbocycles. The van der Waals surface area contributed by atoms with E-state index in [0.29, 0.717) is 18.0 Å². The molecule has 0 aliphatic carbocycles. The van der Waals surface area contributed by atoms with Crippen LogP contribution in [0.2, 0.25) is 0 Å². The zero-order chi connectivity index (χ0) is 16.0. The molecule has 21 heavy (non-hydrogen) atoms. The van der Waals surface area contributed by atoms with E-state index in [4.69, 9.17) is 4.74 Å². The van der Waals surface area contributed by atoms with Gasteiger partial charge in [0.15, 0.2) is 0 Å². The Labute approximate surface area is 129 Å². The number of carbonyl (C=O) groups is 1. The molecule has 0 saturated carbocycles. The Morgan fingerprint density at radius 3 is 2.33 bits per heavy atom. The van der Waals surface area contributed by atoms with Gasteiger partial charge in [0.05, 0.1) is 0 Å². The van der Waals surface area contributed by atoms with E-state index in [-0.39, 0.29) is 12.7 Å². The van der Waals surface area contributed by atoms with Crippen LogP contribution < -0.4 is 5.32 Å². The van der Waals surface area contributed by atoms with Crippen molar-refractivity contribution >= 4 is 6.09 Å². The Bertz CT molecular complexity index is 318. The lowest BCUT2D eigenvalue weighted by molar-refractivity contribution is 0.0162. The minimum Gasteiger partial charge on any atom is -0.444 e. The second-order valence-corrected chi connectivity index (χ2v) is 7.24. The highest BCUT2D eigenvalue weighted by molar-refractivity contribution is 5.68. The van der Waals surface area contributed by atoms with Gasteiger partial charge in [0.1, 0.15) is 5.60 Å². The zero-order valence-electron chi connectivity index (χ0n) is 14.2. The molecule has 124 valence electrons. The lowest BCUT2D eigenvalue weighted by atomic mass is 9.87. The smallest absolute Gasteiger partial charge is 0.410 e. The van der Waals surface area contributed by atoms with Crippen LogP contribution in [0.1, 0.15) is 53.9 Å². The quantitative estimate of drug-likeness (QED) is 0.818. The summed E-state index contributed by atoms with van der Waals surface area (Å²) in [5.74, 6) is 0.512. The van der Waals surface area contributed by atoms with Gasteiger partial charge in [-0.1, -0.05) is 13.8 Å². The van der Waals surface area contributed by atoms with E-state index < -0.39 is 5.60 Å². The molecule has 1 saturated heterocycles. The molecule has 0 aromatic heterocycles. The summed E-state index contributed by atoms with van der Waals surface area (Å²) in [5.41, 5.74) is -0.438. The number of amides is 1. The summed E-state index contributed by atoms with van der Waals surface area (Å²) in [7, 11) is 0. The van der Waals surface area contributed by atoms with Crippen molar-refractivity contribution in [3.8, 4) is 0 Å². The standard InChI is InChI=1S/C16H32N2O3/c1-12(2)17-14(8-11-19)13-6-9-18(10-7-13)15(20)21-16(3,4)5/h12-14,17,19H,6-11H2,1-5H3/t14-/m0/s1. The van der Waals surface area contributed by atoms with E-state index in [0.717, 1.165) is 32.4 Å². The first-order valence-corrected chi connectivity index (χ1v) is 8.07. The van der Waals surface area contributed by atoms with Crippen LogP contribution in [0.5, 0.6) is 0 Å². The Morgan fingerprint density at radius 2 is 1.90 bits per heavy atom.